The molecule has 0 aliphatic rings. The Bertz CT molecular complexity index is 614. The highest BCUT2D eigenvalue weighted by Crippen LogP contribution is 2.28. The number of alkyl halides is 3. The quantitative estimate of drug-likeness (QED) is 0.850. The van der Waals surface area contributed by atoms with Gasteiger partial charge in [-0.2, -0.15) is 13.2 Å². The van der Waals surface area contributed by atoms with Crippen molar-refractivity contribution in [2.24, 2.45) is 0 Å². The average molecular weight is 255 g/mol. The van der Waals surface area contributed by atoms with Gasteiger partial charge in [-0.3, -0.25) is 9.36 Å². The van der Waals surface area contributed by atoms with Crippen LogP contribution in [0.1, 0.15) is 5.56 Å². The molecule has 6 heteroatoms. The third kappa shape index (κ3) is 2.37. The molecule has 0 atom stereocenters. The van der Waals surface area contributed by atoms with Crippen LogP contribution in [0.5, 0.6) is 5.75 Å². The zero-order valence-electron chi connectivity index (χ0n) is 8.98. The summed E-state index contributed by atoms with van der Waals surface area (Å²) in [6.45, 7) is 0. The average Bonchev–Trinajstić information content (AvgIpc) is 2.29. The number of pyridine rings is 1. The van der Waals surface area contributed by atoms with E-state index in [1.165, 1.54) is 24.3 Å². The number of phenols is 1. The van der Waals surface area contributed by atoms with Crippen LogP contribution in [0.3, 0.4) is 0 Å². The van der Waals surface area contributed by atoms with Crippen LogP contribution in [0, 0.1) is 0 Å². The van der Waals surface area contributed by atoms with Crippen molar-refractivity contribution >= 4 is 0 Å². The third-order valence-electron chi connectivity index (χ3n) is 2.37. The van der Waals surface area contributed by atoms with Crippen molar-refractivity contribution in [2.45, 2.75) is 6.18 Å². The lowest BCUT2D eigenvalue weighted by Gasteiger charge is -2.10. The molecule has 0 aliphatic heterocycles. The topological polar surface area (TPSA) is 42.2 Å². The van der Waals surface area contributed by atoms with Crippen molar-refractivity contribution in [3.63, 3.8) is 0 Å². The molecule has 0 unspecified atom stereocenters. The molecule has 0 fully saturated rings. The van der Waals surface area contributed by atoms with Crippen LogP contribution < -0.4 is 5.56 Å². The van der Waals surface area contributed by atoms with Crippen LogP contribution in [-0.2, 0) is 6.18 Å². The lowest BCUT2D eigenvalue weighted by Crippen LogP contribution is -2.19. The Kier molecular flexibility index (Phi) is 2.86. The van der Waals surface area contributed by atoms with Crippen molar-refractivity contribution < 1.29 is 18.3 Å². The number of halogens is 3. The molecule has 0 spiro atoms. The predicted molar refractivity (Wildman–Crippen MR) is 58.7 cm³/mol. The molecule has 1 N–H and O–H groups in total. The molecule has 0 bridgehead atoms. The molecule has 3 nitrogen and oxygen atoms in total. The smallest absolute Gasteiger partial charge is 0.417 e. The normalized spacial score (nSPS) is 11.5. The fourth-order valence-electron chi connectivity index (χ4n) is 1.47. The summed E-state index contributed by atoms with van der Waals surface area (Å²) in [4.78, 5) is 11.5. The number of benzene rings is 1. The molecule has 2 rings (SSSR count). The molecular formula is C12H8F3NO2. The van der Waals surface area contributed by atoms with Gasteiger partial charge in [-0.1, -0.05) is 0 Å². The van der Waals surface area contributed by atoms with Gasteiger partial charge in [0.25, 0.3) is 5.56 Å². The van der Waals surface area contributed by atoms with Crippen LogP contribution >= 0.6 is 0 Å². The standard InChI is InChI=1S/C12H8F3NO2/c13-12(14,15)8-1-6-11(18)16(7-8)9-2-4-10(17)5-3-9/h1-7,17H. The molecule has 0 aliphatic carbocycles. The van der Waals surface area contributed by atoms with Gasteiger partial charge in [0.15, 0.2) is 0 Å². The van der Waals surface area contributed by atoms with Gasteiger partial charge in [-0.05, 0) is 30.3 Å². The van der Waals surface area contributed by atoms with Gasteiger partial charge in [0.1, 0.15) is 5.75 Å². The van der Waals surface area contributed by atoms with Crippen LogP contribution in [0.15, 0.2) is 47.4 Å². The molecule has 1 heterocycles. The minimum absolute atomic E-state index is 0.0289. The fraction of sp³-hybridized carbons (Fsp3) is 0.0833. The molecule has 0 saturated carbocycles. The summed E-state index contributed by atoms with van der Waals surface area (Å²) in [7, 11) is 0. The molecule has 1 aromatic heterocycles. The van der Waals surface area contributed by atoms with E-state index in [1.54, 1.807) is 0 Å². The maximum absolute atomic E-state index is 12.5. The summed E-state index contributed by atoms with van der Waals surface area (Å²) in [5.41, 5.74) is -1.23. The lowest BCUT2D eigenvalue weighted by molar-refractivity contribution is -0.138. The van der Waals surface area contributed by atoms with Gasteiger partial charge in [0.05, 0.1) is 5.56 Å². The van der Waals surface area contributed by atoms with Gasteiger partial charge in [-0.25, -0.2) is 0 Å². The summed E-state index contributed by atoms with van der Waals surface area (Å²) >= 11 is 0. The highest BCUT2D eigenvalue weighted by Gasteiger charge is 2.31. The number of aromatic hydroxyl groups is 1. The summed E-state index contributed by atoms with van der Waals surface area (Å²) in [6.07, 6.45) is -3.78. The number of rotatable bonds is 1. The predicted octanol–water partition coefficient (Wildman–Crippen LogP) is 2.56. The molecule has 0 radical (unpaired) electrons. The monoisotopic (exact) mass is 255 g/mol. The first-order valence-electron chi connectivity index (χ1n) is 4.97. The van der Waals surface area contributed by atoms with Crippen LogP contribution in [0.2, 0.25) is 0 Å². The molecule has 18 heavy (non-hydrogen) atoms. The summed E-state index contributed by atoms with van der Waals surface area (Å²) < 4.78 is 38.4. The second-order valence-corrected chi connectivity index (χ2v) is 3.64. The van der Waals surface area contributed by atoms with Gasteiger partial charge in [0, 0.05) is 18.0 Å². The van der Waals surface area contributed by atoms with E-state index in [9.17, 15) is 18.0 Å². The Morgan fingerprint density at radius 2 is 1.61 bits per heavy atom. The van der Waals surface area contributed by atoms with E-state index < -0.39 is 17.3 Å². The number of nitrogens with zero attached hydrogens (tertiary/aromatic N) is 1. The van der Waals surface area contributed by atoms with Crippen molar-refractivity contribution in [2.75, 3.05) is 0 Å². The Labute approximate surface area is 99.7 Å². The van der Waals surface area contributed by atoms with E-state index in [1.807, 2.05) is 0 Å². The summed E-state index contributed by atoms with van der Waals surface area (Å²) in [6, 6.07) is 6.90. The summed E-state index contributed by atoms with van der Waals surface area (Å²) in [5.74, 6) is -0.0289. The zero-order chi connectivity index (χ0) is 13.3. The zero-order valence-corrected chi connectivity index (χ0v) is 8.98. The fourth-order valence-corrected chi connectivity index (χ4v) is 1.47. The molecule has 0 saturated heterocycles. The highest BCUT2D eigenvalue weighted by molar-refractivity contribution is 5.37. The van der Waals surface area contributed by atoms with Gasteiger partial charge >= 0.3 is 6.18 Å². The maximum atomic E-state index is 12.5. The van der Waals surface area contributed by atoms with E-state index >= 15 is 0 Å². The SMILES string of the molecule is O=c1ccc(C(F)(F)F)cn1-c1ccc(O)cc1. The second-order valence-electron chi connectivity index (χ2n) is 3.64. The van der Waals surface area contributed by atoms with E-state index in [0.717, 1.165) is 22.9 Å². The van der Waals surface area contributed by atoms with Crippen LogP contribution in [0.4, 0.5) is 13.2 Å². The number of aromatic nitrogens is 1. The van der Waals surface area contributed by atoms with E-state index in [4.69, 9.17) is 5.11 Å². The molecule has 94 valence electrons. The molecule has 0 amide bonds. The van der Waals surface area contributed by atoms with E-state index in [-0.39, 0.29) is 11.4 Å². The van der Waals surface area contributed by atoms with Crippen LogP contribution in [0.25, 0.3) is 5.69 Å². The van der Waals surface area contributed by atoms with Gasteiger partial charge < -0.3 is 5.11 Å². The second kappa shape index (κ2) is 4.21. The Morgan fingerprint density at radius 1 is 1.00 bits per heavy atom. The minimum Gasteiger partial charge on any atom is -0.508 e. The Morgan fingerprint density at radius 3 is 2.17 bits per heavy atom. The van der Waals surface area contributed by atoms with Crippen molar-refractivity contribution in [1.29, 1.82) is 0 Å². The highest BCUT2D eigenvalue weighted by atomic mass is 19.4. The van der Waals surface area contributed by atoms with E-state index in [0.29, 0.717) is 0 Å². The minimum atomic E-state index is -4.51. The van der Waals surface area contributed by atoms with Crippen molar-refractivity contribution in [3.8, 4) is 11.4 Å². The van der Waals surface area contributed by atoms with Gasteiger partial charge in [0.2, 0.25) is 0 Å². The maximum Gasteiger partial charge on any atom is 0.417 e. The van der Waals surface area contributed by atoms with E-state index in [2.05, 4.69) is 0 Å². The first-order chi connectivity index (χ1) is 8.38. The molecule has 2 aromatic rings. The first kappa shape index (κ1) is 12.2. The Balaban J connectivity index is 2.57. The number of phenolic OH excluding ortho intramolecular Hbond substituents is 1. The van der Waals surface area contributed by atoms with Crippen LogP contribution in [-0.4, -0.2) is 9.67 Å². The summed E-state index contributed by atoms with van der Waals surface area (Å²) in [5, 5.41) is 9.09. The first-order valence-corrected chi connectivity index (χ1v) is 4.97. The number of hydrogen-bond acceptors (Lipinski definition) is 2. The largest absolute Gasteiger partial charge is 0.508 e. The number of hydrogen-bond donors (Lipinski definition) is 1. The van der Waals surface area contributed by atoms with Gasteiger partial charge in [-0.15, -0.1) is 0 Å². The van der Waals surface area contributed by atoms with Crippen molar-refractivity contribution in [3.05, 3.63) is 58.5 Å². The lowest BCUT2D eigenvalue weighted by atomic mass is 10.2. The molecular weight excluding hydrogens is 247 g/mol. The van der Waals surface area contributed by atoms with Crippen molar-refractivity contribution in [1.82, 2.24) is 4.57 Å². The molecule has 1 aromatic carbocycles. The third-order valence-corrected chi connectivity index (χ3v) is 2.37. The Hall–Kier alpha value is -2.24.